The van der Waals surface area contributed by atoms with Gasteiger partial charge in [-0.1, -0.05) is 0 Å². The van der Waals surface area contributed by atoms with Crippen molar-refractivity contribution in [2.45, 2.75) is 19.0 Å². The largest absolute Gasteiger partial charge is 0.481 e. The molecule has 4 nitrogen and oxygen atoms in total. The van der Waals surface area contributed by atoms with Gasteiger partial charge in [0.1, 0.15) is 6.17 Å². The Hall–Kier alpha value is -1.65. The highest BCUT2D eigenvalue weighted by Gasteiger charge is 2.23. The average molecular weight is 238 g/mol. The van der Waals surface area contributed by atoms with E-state index in [-0.39, 0.29) is 5.91 Å². The minimum absolute atomic E-state index is 0.0907. The monoisotopic (exact) mass is 238 g/mol. The summed E-state index contributed by atoms with van der Waals surface area (Å²) in [6, 6.07) is 3.32. The fraction of sp³-hybridized carbons (Fsp3) is 0.500. The van der Waals surface area contributed by atoms with Gasteiger partial charge in [-0.05, 0) is 18.9 Å². The van der Waals surface area contributed by atoms with Gasteiger partial charge in [0.25, 0.3) is 5.91 Å². The molecule has 0 radical (unpaired) electrons. The second kappa shape index (κ2) is 5.12. The highest BCUT2D eigenvalue weighted by atomic mass is 19.1. The zero-order valence-electron chi connectivity index (χ0n) is 9.73. The van der Waals surface area contributed by atoms with Crippen LogP contribution in [0.4, 0.5) is 4.39 Å². The van der Waals surface area contributed by atoms with Gasteiger partial charge in [-0.15, -0.1) is 0 Å². The molecule has 0 atom stereocenters. The fourth-order valence-electron chi connectivity index (χ4n) is 1.86. The summed E-state index contributed by atoms with van der Waals surface area (Å²) in [7, 11) is 1.52. The maximum atomic E-state index is 13.0. The third kappa shape index (κ3) is 2.72. The van der Waals surface area contributed by atoms with E-state index in [4.69, 9.17) is 4.74 Å². The zero-order chi connectivity index (χ0) is 12.3. The second-order valence-electron chi connectivity index (χ2n) is 4.06. The molecule has 0 aromatic carbocycles. The van der Waals surface area contributed by atoms with E-state index in [1.54, 1.807) is 17.0 Å². The quantitative estimate of drug-likeness (QED) is 0.787. The van der Waals surface area contributed by atoms with E-state index in [0.717, 1.165) is 0 Å². The number of pyridine rings is 1. The number of hydrogen-bond donors (Lipinski definition) is 0. The molecule has 1 amide bonds. The molecular weight excluding hydrogens is 223 g/mol. The smallest absolute Gasteiger partial charge is 0.255 e. The summed E-state index contributed by atoms with van der Waals surface area (Å²) in [4.78, 5) is 17.7. The third-order valence-electron chi connectivity index (χ3n) is 2.90. The molecule has 0 saturated carbocycles. The Morgan fingerprint density at radius 2 is 2.18 bits per heavy atom. The molecule has 1 aliphatic heterocycles. The number of nitrogens with zero attached hydrogens (tertiary/aromatic N) is 2. The van der Waals surface area contributed by atoms with E-state index in [9.17, 15) is 9.18 Å². The predicted molar refractivity (Wildman–Crippen MR) is 60.8 cm³/mol. The van der Waals surface area contributed by atoms with Crippen LogP contribution in [0.3, 0.4) is 0 Å². The van der Waals surface area contributed by atoms with Crippen molar-refractivity contribution in [3.8, 4) is 5.88 Å². The Labute approximate surface area is 99.4 Å². The molecular formula is C12H15FN2O2. The van der Waals surface area contributed by atoms with Crippen LogP contribution in [0, 0.1) is 0 Å². The number of alkyl halides is 1. The number of carbonyl (C=O) groups excluding carboxylic acids is 1. The lowest BCUT2D eigenvalue weighted by atomic mass is 10.1. The van der Waals surface area contributed by atoms with Gasteiger partial charge in [0.05, 0.1) is 12.7 Å². The highest BCUT2D eigenvalue weighted by Crippen LogP contribution is 2.16. The van der Waals surface area contributed by atoms with E-state index in [1.807, 2.05) is 0 Å². The van der Waals surface area contributed by atoms with E-state index < -0.39 is 6.17 Å². The number of hydrogen-bond acceptors (Lipinski definition) is 3. The number of rotatable bonds is 2. The maximum Gasteiger partial charge on any atom is 0.255 e. The lowest BCUT2D eigenvalue weighted by molar-refractivity contribution is 0.0666. The first-order chi connectivity index (χ1) is 8.20. The van der Waals surface area contributed by atoms with E-state index in [0.29, 0.717) is 37.4 Å². The summed E-state index contributed by atoms with van der Waals surface area (Å²) in [5.74, 6) is 0.385. The minimum Gasteiger partial charge on any atom is -0.481 e. The maximum absolute atomic E-state index is 13.0. The number of halogens is 1. The molecule has 5 heteroatoms. The van der Waals surface area contributed by atoms with Gasteiger partial charge in [0.2, 0.25) is 5.88 Å². The lowest BCUT2D eigenvalue weighted by Gasteiger charge is -2.28. The summed E-state index contributed by atoms with van der Waals surface area (Å²) < 4.78 is 17.9. The molecule has 0 N–H and O–H groups in total. The molecule has 0 spiro atoms. The molecule has 2 rings (SSSR count). The number of methoxy groups -OCH3 is 1. The molecule has 1 aromatic rings. The van der Waals surface area contributed by atoms with E-state index in [1.165, 1.54) is 13.3 Å². The second-order valence-corrected chi connectivity index (χ2v) is 4.06. The minimum atomic E-state index is -0.770. The number of aromatic nitrogens is 1. The Morgan fingerprint density at radius 1 is 1.47 bits per heavy atom. The Kier molecular flexibility index (Phi) is 3.56. The molecule has 1 fully saturated rings. The topological polar surface area (TPSA) is 42.4 Å². The Bertz CT molecular complexity index is 386. The van der Waals surface area contributed by atoms with Gasteiger partial charge in [-0.2, -0.15) is 0 Å². The summed E-state index contributed by atoms with van der Waals surface area (Å²) in [6.45, 7) is 0.956. The lowest BCUT2D eigenvalue weighted by Crippen LogP contribution is -2.39. The van der Waals surface area contributed by atoms with Gasteiger partial charge in [-0.3, -0.25) is 4.79 Å². The highest BCUT2D eigenvalue weighted by molar-refractivity contribution is 5.94. The Balaban J connectivity index is 2.03. The van der Waals surface area contributed by atoms with Crippen molar-refractivity contribution in [3.05, 3.63) is 23.9 Å². The number of carbonyl (C=O) groups is 1. The standard InChI is InChI=1S/C12H15FN2O2/c1-17-11-3-2-9(8-14-11)12(16)15-6-4-10(13)5-7-15/h2-3,8,10H,4-7H2,1H3. The third-order valence-corrected chi connectivity index (χ3v) is 2.90. The number of likely N-dealkylation sites (tertiary alicyclic amines) is 1. The van der Waals surface area contributed by atoms with Crippen LogP contribution in [0.25, 0.3) is 0 Å². The van der Waals surface area contributed by atoms with Crippen LogP contribution in [0.15, 0.2) is 18.3 Å². The summed E-state index contributed by atoms with van der Waals surface area (Å²) in [5, 5.41) is 0. The predicted octanol–water partition coefficient (Wildman–Crippen LogP) is 1.66. The summed E-state index contributed by atoms with van der Waals surface area (Å²) >= 11 is 0. The number of piperidine rings is 1. The van der Waals surface area contributed by atoms with Crippen LogP contribution < -0.4 is 4.74 Å². The van der Waals surface area contributed by atoms with Gasteiger partial charge >= 0.3 is 0 Å². The normalized spacial score (nSPS) is 16.9. The van der Waals surface area contributed by atoms with Crippen LogP contribution in [-0.2, 0) is 0 Å². The van der Waals surface area contributed by atoms with Crippen molar-refractivity contribution in [2.24, 2.45) is 0 Å². The number of amides is 1. The van der Waals surface area contributed by atoms with Crippen molar-refractivity contribution >= 4 is 5.91 Å². The average Bonchev–Trinajstić information content (AvgIpc) is 2.39. The van der Waals surface area contributed by atoms with Crippen molar-refractivity contribution < 1.29 is 13.9 Å². The van der Waals surface area contributed by atoms with E-state index in [2.05, 4.69) is 4.98 Å². The zero-order valence-corrected chi connectivity index (χ0v) is 9.73. The van der Waals surface area contributed by atoms with Gasteiger partial charge < -0.3 is 9.64 Å². The molecule has 1 saturated heterocycles. The van der Waals surface area contributed by atoms with Gasteiger partial charge in [-0.25, -0.2) is 9.37 Å². The summed E-state index contributed by atoms with van der Waals surface area (Å²) in [6.07, 6.45) is 1.57. The number of ether oxygens (including phenoxy) is 1. The van der Waals surface area contributed by atoms with Crippen LogP contribution in [0.5, 0.6) is 5.88 Å². The fourth-order valence-corrected chi connectivity index (χ4v) is 1.86. The van der Waals surface area contributed by atoms with Crippen molar-refractivity contribution in [1.82, 2.24) is 9.88 Å². The molecule has 1 aliphatic rings. The van der Waals surface area contributed by atoms with Crippen LogP contribution >= 0.6 is 0 Å². The molecule has 1 aromatic heterocycles. The van der Waals surface area contributed by atoms with Crippen LogP contribution in [0.1, 0.15) is 23.2 Å². The molecule has 0 unspecified atom stereocenters. The molecule has 0 bridgehead atoms. The molecule has 92 valence electrons. The van der Waals surface area contributed by atoms with Crippen molar-refractivity contribution in [1.29, 1.82) is 0 Å². The van der Waals surface area contributed by atoms with Crippen molar-refractivity contribution in [2.75, 3.05) is 20.2 Å². The molecule has 0 aliphatic carbocycles. The van der Waals surface area contributed by atoms with Crippen LogP contribution in [0.2, 0.25) is 0 Å². The van der Waals surface area contributed by atoms with Crippen molar-refractivity contribution in [3.63, 3.8) is 0 Å². The summed E-state index contributed by atoms with van der Waals surface area (Å²) in [5.41, 5.74) is 0.517. The SMILES string of the molecule is COc1ccc(C(=O)N2CCC(F)CC2)cn1. The first-order valence-electron chi connectivity index (χ1n) is 5.64. The first-order valence-corrected chi connectivity index (χ1v) is 5.64. The molecule has 17 heavy (non-hydrogen) atoms. The first kappa shape index (κ1) is 11.8. The molecule has 2 heterocycles. The van der Waals surface area contributed by atoms with Crippen LogP contribution in [-0.4, -0.2) is 42.2 Å². The Morgan fingerprint density at radius 3 is 2.71 bits per heavy atom. The van der Waals surface area contributed by atoms with E-state index >= 15 is 0 Å². The van der Waals surface area contributed by atoms with Gasteiger partial charge in [0, 0.05) is 25.4 Å². The van der Waals surface area contributed by atoms with Gasteiger partial charge in [0.15, 0.2) is 0 Å².